The van der Waals surface area contributed by atoms with E-state index >= 15 is 0 Å². The number of nitrogens with zero attached hydrogens (tertiary/aromatic N) is 1. The smallest absolute Gasteiger partial charge is 0.132 e. The van der Waals surface area contributed by atoms with Crippen molar-refractivity contribution in [2.45, 2.75) is 18.8 Å². The molecule has 4 heteroatoms. The number of benzene rings is 4. The molecule has 2 aliphatic heterocycles. The highest BCUT2D eigenvalue weighted by molar-refractivity contribution is 9.10. The van der Waals surface area contributed by atoms with Crippen molar-refractivity contribution in [3.63, 3.8) is 0 Å². The summed E-state index contributed by atoms with van der Waals surface area (Å²) in [7, 11) is 0. The average Bonchev–Trinajstić information content (AvgIpc) is 2.91. The van der Waals surface area contributed by atoms with E-state index in [0.29, 0.717) is 0 Å². The molecule has 0 fully saturated rings. The van der Waals surface area contributed by atoms with Crippen molar-refractivity contribution in [1.82, 2.24) is 0 Å². The molecule has 0 atom stereocenters. The van der Waals surface area contributed by atoms with Crippen LogP contribution in [0.25, 0.3) is 0 Å². The molecule has 0 aliphatic carbocycles. The number of rotatable bonds is 3. The summed E-state index contributed by atoms with van der Waals surface area (Å²) in [6, 6.07) is 31.7. The molecule has 0 bridgehead atoms. The molecule has 37 heavy (non-hydrogen) atoms. The third-order valence-corrected chi connectivity index (χ3v) is 8.08. The van der Waals surface area contributed by atoms with Gasteiger partial charge in [0.25, 0.3) is 0 Å². The maximum Gasteiger partial charge on any atom is 0.132 e. The second-order valence-corrected chi connectivity index (χ2v) is 11.0. The van der Waals surface area contributed by atoms with Crippen molar-refractivity contribution >= 4 is 43.2 Å². The lowest BCUT2D eigenvalue weighted by Crippen LogP contribution is -2.42. The first kappa shape index (κ1) is 24.0. The maximum atomic E-state index is 6.52. The highest BCUT2D eigenvalue weighted by Crippen LogP contribution is 2.62. The fraction of sp³-hybridized carbons (Fsp3) is 0.0909. The van der Waals surface area contributed by atoms with Gasteiger partial charge in [-0.05, 0) is 72.2 Å². The summed E-state index contributed by atoms with van der Waals surface area (Å²) in [4.78, 5) is 2.27. The van der Waals surface area contributed by atoms with Crippen LogP contribution in [0.2, 0.25) is 0 Å². The predicted molar refractivity (Wildman–Crippen MR) is 160 cm³/mol. The van der Waals surface area contributed by atoms with Crippen molar-refractivity contribution in [2.75, 3.05) is 4.90 Å². The minimum atomic E-state index is -0.631. The van der Waals surface area contributed by atoms with Crippen LogP contribution in [0, 0.1) is 0 Å². The van der Waals surface area contributed by atoms with E-state index in [2.05, 4.69) is 135 Å². The minimum absolute atomic E-state index is 0.631. The van der Waals surface area contributed by atoms with Gasteiger partial charge in [-0.25, -0.2) is 0 Å². The summed E-state index contributed by atoms with van der Waals surface area (Å²) in [5, 5.41) is 0. The van der Waals surface area contributed by atoms with Crippen LogP contribution >= 0.6 is 31.9 Å². The molecule has 6 rings (SSSR count). The molecule has 182 valence electrons. The normalized spacial score (nSPS) is 16.5. The van der Waals surface area contributed by atoms with E-state index in [1.165, 1.54) is 5.56 Å². The molecule has 0 aromatic heterocycles. The lowest BCUT2D eigenvalue weighted by Gasteiger charge is -2.50. The fourth-order valence-electron chi connectivity index (χ4n) is 5.62. The zero-order valence-electron chi connectivity index (χ0n) is 20.4. The summed E-state index contributed by atoms with van der Waals surface area (Å²) in [6.07, 6.45) is 7.53. The lowest BCUT2D eigenvalue weighted by molar-refractivity contribution is 0.432. The van der Waals surface area contributed by atoms with E-state index in [-0.39, 0.29) is 0 Å². The van der Waals surface area contributed by atoms with Crippen LogP contribution in [-0.2, 0) is 5.41 Å². The first-order valence-corrected chi connectivity index (χ1v) is 13.9. The second kappa shape index (κ2) is 9.51. The maximum absolute atomic E-state index is 6.52. The summed E-state index contributed by atoms with van der Waals surface area (Å²) < 4.78 is 8.53. The molecule has 0 unspecified atom stereocenters. The summed E-state index contributed by atoms with van der Waals surface area (Å²) in [5.41, 5.74) is 6.96. The quantitative estimate of drug-likeness (QED) is 0.229. The molecular formula is C33H25Br2NO. The monoisotopic (exact) mass is 609 g/mol. The molecule has 0 amide bonds. The molecule has 4 aromatic carbocycles. The number of fused-ring (bicyclic) bond motifs is 6. The second-order valence-electron chi connectivity index (χ2n) is 9.18. The first-order valence-electron chi connectivity index (χ1n) is 12.3. The van der Waals surface area contributed by atoms with Crippen molar-refractivity contribution in [1.29, 1.82) is 0 Å². The van der Waals surface area contributed by atoms with E-state index < -0.39 is 5.41 Å². The number of halogens is 2. The van der Waals surface area contributed by atoms with Crippen LogP contribution in [0.15, 0.2) is 136 Å². The molecule has 2 nitrogen and oxygen atoms in total. The zero-order chi connectivity index (χ0) is 25.6. The predicted octanol–water partition coefficient (Wildman–Crippen LogP) is 10.2. The van der Waals surface area contributed by atoms with Gasteiger partial charge in [0.05, 0.1) is 11.1 Å². The Balaban J connectivity index is 1.80. The summed E-state index contributed by atoms with van der Waals surface area (Å²) >= 11 is 7.50. The van der Waals surface area contributed by atoms with Gasteiger partial charge in [-0.2, -0.15) is 0 Å². The van der Waals surface area contributed by atoms with Gasteiger partial charge < -0.3 is 9.64 Å². The van der Waals surface area contributed by atoms with Crippen LogP contribution in [0.4, 0.5) is 11.4 Å². The molecule has 0 saturated heterocycles. The van der Waals surface area contributed by atoms with E-state index in [9.17, 15) is 0 Å². The molecule has 1 spiro atoms. The van der Waals surface area contributed by atoms with Crippen molar-refractivity contribution in [2.24, 2.45) is 0 Å². The Morgan fingerprint density at radius 2 is 1.43 bits per heavy atom. The van der Waals surface area contributed by atoms with Crippen LogP contribution < -0.4 is 9.64 Å². The molecule has 2 aliphatic rings. The number of hydrogen-bond acceptors (Lipinski definition) is 2. The Bertz CT molecular complexity index is 1530. The van der Waals surface area contributed by atoms with Gasteiger partial charge >= 0.3 is 0 Å². The molecule has 4 aromatic rings. The van der Waals surface area contributed by atoms with Crippen LogP contribution in [0.3, 0.4) is 0 Å². The van der Waals surface area contributed by atoms with Crippen molar-refractivity contribution < 1.29 is 4.74 Å². The number of para-hydroxylation sites is 2. The lowest BCUT2D eigenvalue weighted by atomic mass is 9.60. The fourth-order valence-corrected chi connectivity index (χ4v) is 6.34. The van der Waals surface area contributed by atoms with Crippen molar-refractivity contribution in [3.05, 3.63) is 153 Å². The topological polar surface area (TPSA) is 12.5 Å². The Hall–Kier alpha value is -3.34. The third-order valence-electron chi connectivity index (χ3n) is 7.09. The van der Waals surface area contributed by atoms with Gasteiger partial charge in [0.15, 0.2) is 0 Å². The minimum Gasteiger partial charge on any atom is -0.457 e. The SMILES string of the molecule is C=C1C(=CC=CCC)C2(c3cc(Br)ccc3Oc3ccc(Br)cc32)c2ccccc2N1c1ccccc1. The Kier molecular flexibility index (Phi) is 6.18. The molecule has 2 heterocycles. The highest BCUT2D eigenvalue weighted by atomic mass is 79.9. The highest BCUT2D eigenvalue weighted by Gasteiger charge is 2.52. The van der Waals surface area contributed by atoms with E-state index in [4.69, 9.17) is 11.3 Å². The average molecular weight is 611 g/mol. The van der Waals surface area contributed by atoms with E-state index in [1.54, 1.807) is 0 Å². The number of ether oxygens (including phenoxy) is 1. The zero-order valence-corrected chi connectivity index (χ0v) is 23.6. The Labute approximate surface area is 234 Å². The van der Waals surface area contributed by atoms with E-state index in [0.717, 1.165) is 60.6 Å². The Morgan fingerprint density at radius 1 is 0.811 bits per heavy atom. The van der Waals surface area contributed by atoms with Gasteiger partial charge in [0.2, 0.25) is 0 Å². The third kappa shape index (κ3) is 3.74. The van der Waals surface area contributed by atoms with E-state index in [1.807, 2.05) is 18.2 Å². The van der Waals surface area contributed by atoms with Gasteiger partial charge in [-0.15, -0.1) is 0 Å². The number of anilines is 2. The number of hydrogen-bond donors (Lipinski definition) is 0. The van der Waals surface area contributed by atoms with Crippen LogP contribution in [0.1, 0.15) is 30.0 Å². The van der Waals surface area contributed by atoms with Crippen molar-refractivity contribution in [3.8, 4) is 11.5 Å². The van der Waals surface area contributed by atoms with Crippen LogP contribution in [-0.4, -0.2) is 0 Å². The molecule has 0 radical (unpaired) electrons. The molecule has 0 saturated carbocycles. The van der Waals surface area contributed by atoms with Gasteiger partial charge in [-0.3, -0.25) is 0 Å². The summed E-state index contributed by atoms with van der Waals surface area (Å²) in [6.45, 7) is 6.88. The largest absolute Gasteiger partial charge is 0.457 e. The molecular weight excluding hydrogens is 586 g/mol. The van der Waals surface area contributed by atoms with Gasteiger partial charge in [0, 0.05) is 31.5 Å². The van der Waals surface area contributed by atoms with Crippen LogP contribution in [0.5, 0.6) is 11.5 Å². The Morgan fingerprint density at radius 3 is 2.08 bits per heavy atom. The number of allylic oxidation sites excluding steroid dienone is 4. The summed E-state index contributed by atoms with van der Waals surface area (Å²) in [5.74, 6) is 1.69. The standard InChI is InChI=1S/C33H25Br2NO/c1-3-4-6-13-26-22(2)36(25-11-7-5-8-12-25)30-15-10-9-14-27(30)33(26)28-20-23(34)16-18-31(28)37-32-19-17-24(35)21-29(32)33/h4-21H,2-3H2,1H3. The first-order chi connectivity index (χ1) is 18.1. The van der Waals surface area contributed by atoms with Gasteiger partial charge in [0.1, 0.15) is 11.5 Å². The van der Waals surface area contributed by atoms with Gasteiger partial charge in [-0.1, -0.05) is 100.0 Å². The molecule has 0 N–H and O–H groups in total.